The largest absolute Gasteiger partial charge is 0.497 e. The molecule has 31 heavy (non-hydrogen) atoms. The van der Waals surface area contributed by atoms with E-state index in [0.717, 1.165) is 0 Å². The van der Waals surface area contributed by atoms with Gasteiger partial charge in [0.05, 0.1) is 12.7 Å². The monoisotopic (exact) mass is 476 g/mol. The molecule has 3 aromatic carbocycles. The minimum Gasteiger partial charge on any atom is -0.497 e. The molecule has 1 aliphatic heterocycles. The van der Waals surface area contributed by atoms with Gasteiger partial charge in [-0.05, 0) is 60.2 Å². The van der Waals surface area contributed by atoms with Crippen LogP contribution in [0.15, 0.2) is 71.3 Å². The number of ketones is 1. The SMILES string of the molecule is COc1ccc(S(=O)(=O)Oc2ccc3c(c2)OC(=Cc2ccc(Cl)cc2Cl)C3=O)cc1. The summed E-state index contributed by atoms with van der Waals surface area (Å²) in [4.78, 5) is 12.6. The Morgan fingerprint density at radius 3 is 2.32 bits per heavy atom. The molecule has 0 spiro atoms. The minimum absolute atomic E-state index is 0.00754. The molecule has 0 unspecified atom stereocenters. The van der Waals surface area contributed by atoms with Crippen molar-refractivity contribution in [1.29, 1.82) is 0 Å². The van der Waals surface area contributed by atoms with Gasteiger partial charge in [-0.25, -0.2) is 0 Å². The maximum atomic E-state index is 12.6. The number of allylic oxidation sites excluding steroid dienone is 1. The molecule has 0 N–H and O–H groups in total. The number of carbonyl (C=O) groups is 1. The number of hydrogen-bond acceptors (Lipinski definition) is 6. The molecule has 0 bridgehead atoms. The van der Waals surface area contributed by atoms with Crippen LogP contribution < -0.4 is 13.7 Å². The number of hydrogen-bond donors (Lipinski definition) is 0. The van der Waals surface area contributed by atoms with Crippen LogP contribution >= 0.6 is 23.2 Å². The molecule has 1 aliphatic rings. The normalized spacial score (nSPS) is 14.3. The summed E-state index contributed by atoms with van der Waals surface area (Å²) >= 11 is 12.0. The summed E-state index contributed by atoms with van der Waals surface area (Å²) in [5, 5.41) is 0.830. The zero-order valence-electron chi connectivity index (χ0n) is 16.0. The van der Waals surface area contributed by atoms with Crippen molar-refractivity contribution < 1.29 is 26.9 Å². The van der Waals surface area contributed by atoms with Gasteiger partial charge in [-0.15, -0.1) is 0 Å². The maximum absolute atomic E-state index is 12.6. The van der Waals surface area contributed by atoms with E-state index in [2.05, 4.69) is 0 Å². The molecule has 0 saturated carbocycles. The van der Waals surface area contributed by atoms with Crippen molar-refractivity contribution >= 4 is 45.2 Å². The Labute approximate surface area is 188 Å². The highest BCUT2D eigenvalue weighted by Crippen LogP contribution is 2.36. The number of fused-ring (bicyclic) bond motifs is 1. The first kappa shape index (κ1) is 21.2. The molecule has 0 atom stereocenters. The van der Waals surface area contributed by atoms with Crippen molar-refractivity contribution in [1.82, 2.24) is 0 Å². The van der Waals surface area contributed by atoms with Crippen LogP contribution in [-0.4, -0.2) is 21.3 Å². The molecule has 9 heteroatoms. The standard InChI is InChI=1S/C22H14Cl2O6S/c1-28-15-4-7-17(8-5-15)31(26,27)30-16-6-9-18-20(12-16)29-21(22(18)25)10-13-2-3-14(23)11-19(13)24/h2-12H,1H3. The van der Waals surface area contributed by atoms with Crippen LogP contribution in [0.4, 0.5) is 0 Å². The first-order valence-electron chi connectivity index (χ1n) is 8.89. The summed E-state index contributed by atoms with van der Waals surface area (Å²) in [5.74, 6) is 0.403. The van der Waals surface area contributed by atoms with Crippen LogP contribution in [0.3, 0.4) is 0 Å². The summed E-state index contributed by atoms with van der Waals surface area (Å²) in [6.07, 6.45) is 1.50. The molecule has 0 radical (unpaired) electrons. The predicted molar refractivity (Wildman–Crippen MR) is 117 cm³/mol. The molecule has 0 aliphatic carbocycles. The van der Waals surface area contributed by atoms with Crippen molar-refractivity contribution in [3.8, 4) is 17.2 Å². The zero-order chi connectivity index (χ0) is 22.2. The highest BCUT2D eigenvalue weighted by molar-refractivity contribution is 7.87. The number of methoxy groups -OCH3 is 1. The van der Waals surface area contributed by atoms with Gasteiger partial charge in [0.25, 0.3) is 0 Å². The summed E-state index contributed by atoms with van der Waals surface area (Å²) < 4.78 is 40.9. The first-order chi connectivity index (χ1) is 14.8. The minimum atomic E-state index is -4.08. The van der Waals surface area contributed by atoms with E-state index in [1.54, 1.807) is 18.2 Å². The Kier molecular flexibility index (Phi) is 5.66. The number of rotatable bonds is 5. The Morgan fingerprint density at radius 2 is 1.65 bits per heavy atom. The van der Waals surface area contributed by atoms with Gasteiger partial charge in [-0.2, -0.15) is 8.42 Å². The van der Waals surface area contributed by atoms with E-state index in [1.807, 2.05) is 0 Å². The van der Waals surface area contributed by atoms with Gasteiger partial charge >= 0.3 is 10.1 Å². The van der Waals surface area contributed by atoms with E-state index in [1.165, 1.54) is 55.7 Å². The summed E-state index contributed by atoms with van der Waals surface area (Å²) in [7, 11) is -2.60. The summed E-state index contributed by atoms with van der Waals surface area (Å²) in [5.41, 5.74) is 0.839. The van der Waals surface area contributed by atoms with Crippen molar-refractivity contribution in [3.05, 3.63) is 87.6 Å². The second-order valence-corrected chi connectivity index (χ2v) is 8.87. The molecule has 0 amide bonds. The third-order valence-corrected chi connectivity index (χ3v) is 6.27. The van der Waals surface area contributed by atoms with Crippen molar-refractivity contribution in [2.24, 2.45) is 0 Å². The molecule has 4 rings (SSSR count). The average Bonchev–Trinajstić information content (AvgIpc) is 3.04. The van der Waals surface area contributed by atoms with Gasteiger partial charge < -0.3 is 13.7 Å². The van der Waals surface area contributed by atoms with Gasteiger partial charge in [0, 0.05) is 16.1 Å². The number of carbonyl (C=O) groups excluding carboxylic acids is 1. The van der Waals surface area contributed by atoms with E-state index >= 15 is 0 Å². The molecular formula is C22H14Cl2O6S. The molecule has 0 aromatic heterocycles. The van der Waals surface area contributed by atoms with Gasteiger partial charge in [0.2, 0.25) is 5.78 Å². The fourth-order valence-corrected chi connectivity index (χ4v) is 4.28. The molecular weight excluding hydrogens is 463 g/mol. The average molecular weight is 477 g/mol. The lowest BCUT2D eigenvalue weighted by Gasteiger charge is -2.08. The van der Waals surface area contributed by atoms with Gasteiger partial charge in [0.1, 0.15) is 22.1 Å². The van der Waals surface area contributed by atoms with Crippen molar-refractivity contribution in [2.75, 3.05) is 7.11 Å². The van der Waals surface area contributed by atoms with E-state index in [9.17, 15) is 13.2 Å². The third kappa shape index (κ3) is 4.39. The quantitative estimate of drug-likeness (QED) is 0.363. The van der Waals surface area contributed by atoms with E-state index in [-0.39, 0.29) is 33.5 Å². The van der Waals surface area contributed by atoms with E-state index in [4.69, 9.17) is 36.9 Å². The van der Waals surface area contributed by atoms with Gasteiger partial charge in [0.15, 0.2) is 5.76 Å². The number of benzene rings is 3. The highest BCUT2D eigenvalue weighted by Gasteiger charge is 2.29. The Bertz CT molecular complexity index is 1310. The van der Waals surface area contributed by atoms with Crippen LogP contribution in [0.2, 0.25) is 10.0 Å². The second-order valence-electron chi connectivity index (χ2n) is 6.48. The lowest BCUT2D eigenvalue weighted by molar-refractivity contribution is 0.101. The lowest BCUT2D eigenvalue weighted by Crippen LogP contribution is -2.09. The molecule has 158 valence electrons. The van der Waals surface area contributed by atoms with Gasteiger partial charge in [-0.1, -0.05) is 29.3 Å². The number of ether oxygens (including phenoxy) is 2. The predicted octanol–water partition coefficient (Wildman–Crippen LogP) is 5.39. The van der Waals surface area contributed by atoms with Crippen LogP contribution in [0, 0.1) is 0 Å². The van der Waals surface area contributed by atoms with E-state index in [0.29, 0.717) is 21.4 Å². The summed E-state index contributed by atoms with van der Waals surface area (Å²) in [6, 6.07) is 14.8. The zero-order valence-corrected chi connectivity index (χ0v) is 18.3. The Hall–Kier alpha value is -3.00. The van der Waals surface area contributed by atoms with Crippen LogP contribution in [0.25, 0.3) is 6.08 Å². The number of Topliss-reactive ketones (excluding diaryl/α,β-unsaturated/α-hetero) is 1. The highest BCUT2D eigenvalue weighted by atomic mass is 35.5. The van der Waals surface area contributed by atoms with Gasteiger partial charge in [-0.3, -0.25) is 4.79 Å². The number of halogens is 2. The maximum Gasteiger partial charge on any atom is 0.339 e. The Morgan fingerprint density at radius 1 is 0.935 bits per heavy atom. The van der Waals surface area contributed by atoms with E-state index < -0.39 is 10.1 Å². The molecule has 3 aromatic rings. The third-order valence-electron chi connectivity index (χ3n) is 4.44. The van der Waals surface area contributed by atoms with Crippen molar-refractivity contribution in [2.45, 2.75) is 4.90 Å². The lowest BCUT2D eigenvalue weighted by atomic mass is 10.1. The molecule has 6 nitrogen and oxygen atoms in total. The first-order valence-corrected chi connectivity index (χ1v) is 11.0. The molecule has 1 heterocycles. The molecule has 0 saturated heterocycles. The Balaban J connectivity index is 1.58. The fraction of sp³-hybridized carbons (Fsp3) is 0.0455. The topological polar surface area (TPSA) is 78.9 Å². The van der Waals surface area contributed by atoms with Crippen LogP contribution in [0.5, 0.6) is 17.2 Å². The van der Waals surface area contributed by atoms with Crippen LogP contribution in [-0.2, 0) is 10.1 Å². The second kappa shape index (κ2) is 8.26. The van der Waals surface area contributed by atoms with Crippen LogP contribution in [0.1, 0.15) is 15.9 Å². The smallest absolute Gasteiger partial charge is 0.339 e. The summed E-state index contributed by atoms with van der Waals surface area (Å²) in [6.45, 7) is 0. The fourth-order valence-electron chi connectivity index (χ4n) is 2.90. The molecule has 0 fully saturated rings. The van der Waals surface area contributed by atoms with Crippen molar-refractivity contribution in [3.63, 3.8) is 0 Å².